The van der Waals surface area contributed by atoms with Gasteiger partial charge in [-0.3, -0.25) is 4.79 Å². The Hall–Kier alpha value is -2.27. The molecule has 3 nitrogen and oxygen atoms in total. The van der Waals surface area contributed by atoms with E-state index in [0.717, 1.165) is 18.3 Å². The summed E-state index contributed by atoms with van der Waals surface area (Å²) in [5.74, 6) is -2.03. The molecular weight excluding hydrogens is 288 g/mol. The molecule has 0 aliphatic heterocycles. The Morgan fingerprint density at radius 2 is 1.75 bits per heavy atom. The van der Waals surface area contributed by atoms with Crippen molar-refractivity contribution < 1.29 is 18.7 Å². The summed E-state index contributed by atoms with van der Waals surface area (Å²) in [6, 6.07) is 5.93. The number of aliphatic imine (C=N–C) groups is 1. The standard InChI is InChI=1S/C14H8ClF2NO2/c15-10-4-8(14(20)9(5-10)7-19)6-18-13-11(16)2-1-3-12(13)17/h1-7,20H. The van der Waals surface area contributed by atoms with E-state index < -0.39 is 17.3 Å². The highest BCUT2D eigenvalue weighted by Crippen LogP contribution is 2.26. The molecule has 0 saturated carbocycles. The maximum absolute atomic E-state index is 13.4. The zero-order valence-electron chi connectivity index (χ0n) is 9.98. The average Bonchev–Trinajstić information content (AvgIpc) is 2.41. The summed E-state index contributed by atoms with van der Waals surface area (Å²) in [6.07, 6.45) is 1.46. The van der Waals surface area contributed by atoms with Gasteiger partial charge in [0.1, 0.15) is 11.4 Å². The third kappa shape index (κ3) is 2.83. The van der Waals surface area contributed by atoms with E-state index in [9.17, 15) is 18.7 Å². The van der Waals surface area contributed by atoms with Crippen LogP contribution in [0.2, 0.25) is 5.02 Å². The lowest BCUT2D eigenvalue weighted by atomic mass is 10.1. The second-order valence-electron chi connectivity index (χ2n) is 3.88. The monoisotopic (exact) mass is 295 g/mol. The van der Waals surface area contributed by atoms with Gasteiger partial charge in [-0.2, -0.15) is 0 Å². The van der Waals surface area contributed by atoms with Gasteiger partial charge in [0.25, 0.3) is 0 Å². The van der Waals surface area contributed by atoms with E-state index in [1.807, 2.05) is 0 Å². The van der Waals surface area contributed by atoms with Gasteiger partial charge in [0.2, 0.25) is 0 Å². The molecule has 2 rings (SSSR count). The highest BCUT2D eigenvalue weighted by Gasteiger charge is 2.09. The van der Waals surface area contributed by atoms with Crippen molar-refractivity contribution in [2.24, 2.45) is 4.99 Å². The molecule has 0 saturated heterocycles. The number of hydrogen-bond donors (Lipinski definition) is 1. The largest absolute Gasteiger partial charge is 0.507 e. The molecule has 0 amide bonds. The fraction of sp³-hybridized carbons (Fsp3) is 0. The summed E-state index contributed by atoms with van der Waals surface area (Å²) in [4.78, 5) is 14.4. The number of phenols is 1. The molecule has 0 fully saturated rings. The minimum absolute atomic E-state index is 0.0343. The van der Waals surface area contributed by atoms with Crippen LogP contribution in [0.1, 0.15) is 15.9 Å². The van der Waals surface area contributed by atoms with Crippen LogP contribution in [0.3, 0.4) is 0 Å². The second kappa shape index (κ2) is 5.79. The predicted molar refractivity (Wildman–Crippen MR) is 72.1 cm³/mol. The number of carbonyl (C=O) groups is 1. The SMILES string of the molecule is O=Cc1cc(Cl)cc(C=Nc2c(F)cccc2F)c1O. The first-order chi connectivity index (χ1) is 9.52. The van der Waals surface area contributed by atoms with E-state index >= 15 is 0 Å². The van der Waals surface area contributed by atoms with Crippen molar-refractivity contribution in [2.45, 2.75) is 0 Å². The summed E-state index contributed by atoms with van der Waals surface area (Å²) in [7, 11) is 0. The number of carbonyl (C=O) groups excluding carboxylic acids is 1. The molecule has 20 heavy (non-hydrogen) atoms. The van der Waals surface area contributed by atoms with Gasteiger partial charge < -0.3 is 5.11 Å². The van der Waals surface area contributed by atoms with Gasteiger partial charge in [-0.1, -0.05) is 17.7 Å². The maximum atomic E-state index is 13.4. The summed E-state index contributed by atoms with van der Waals surface area (Å²) in [5, 5.41) is 9.96. The Morgan fingerprint density at radius 3 is 2.35 bits per heavy atom. The zero-order valence-corrected chi connectivity index (χ0v) is 10.7. The van der Waals surface area contributed by atoms with Gasteiger partial charge in [-0.15, -0.1) is 0 Å². The molecular formula is C14H8ClF2NO2. The minimum atomic E-state index is -0.835. The summed E-state index contributed by atoms with van der Waals surface area (Å²) in [6.45, 7) is 0. The van der Waals surface area contributed by atoms with Gasteiger partial charge >= 0.3 is 0 Å². The molecule has 0 atom stereocenters. The molecule has 2 aromatic rings. The Kier molecular flexibility index (Phi) is 4.10. The van der Waals surface area contributed by atoms with Crippen molar-refractivity contribution in [1.29, 1.82) is 0 Å². The molecule has 0 aliphatic carbocycles. The molecule has 0 heterocycles. The first-order valence-corrected chi connectivity index (χ1v) is 5.86. The number of para-hydroxylation sites is 1. The number of aldehydes is 1. The average molecular weight is 296 g/mol. The zero-order chi connectivity index (χ0) is 14.7. The van der Waals surface area contributed by atoms with E-state index in [1.165, 1.54) is 18.2 Å². The molecule has 0 aromatic heterocycles. The molecule has 0 unspecified atom stereocenters. The highest BCUT2D eigenvalue weighted by atomic mass is 35.5. The molecule has 0 aliphatic rings. The fourth-order valence-electron chi connectivity index (χ4n) is 1.58. The van der Waals surface area contributed by atoms with Crippen LogP contribution < -0.4 is 0 Å². The molecule has 0 radical (unpaired) electrons. The van der Waals surface area contributed by atoms with Crippen molar-refractivity contribution >= 4 is 29.8 Å². The number of nitrogens with zero attached hydrogens (tertiary/aromatic N) is 1. The number of phenolic OH excluding ortho intramolecular Hbond substituents is 1. The van der Waals surface area contributed by atoms with Crippen LogP contribution in [0.5, 0.6) is 5.75 Å². The normalized spacial score (nSPS) is 10.9. The van der Waals surface area contributed by atoms with Crippen LogP contribution in [0.25, 0.3) is 0 Å². The first kappa shape index (κ1) is 14.1. The van der Waals surface area contributed by atoms with Crippen LogP contribution in [0.4, 0.5) is 14.5 Å². The van der Waals surface area contributed by atoms with E-state index in [0.29, 0.717) is 6.29 Å². The van der Waals surface area contributed by atoms with Crippen molar-refractivity contribution in [3.8, 4) is 5.75 Å². The Morgan fingerprint density at radius 1 is 1.15 bits per heavy atom. The lowest BCUT2D eigenvalue weighted by Gasteiger charge is -2.03. The summed E-state index contributed by atoms with van der Waals surface area (Å²) in [5.41, 5.74) is -0.435. The number of aromatic hydroxyl groups is 1. The van der Waals surface area contributed by atoms with E-state index in [1.54, 1.807) is 0 Å². The van der Waals surface area contributed by atoms with E-state index in [-0.39, 0.29) is 21.9 Å². The first-order valence-electron chi connectivity index (χ1n) is 5.48. The quantitative estimate of drug-likeness (QED) is 0.690. The van der Waals surface area contributed by atoms with Crippen LogP contribution in [0.15, 0.2) is 35.3 Å². The van der Waals surface area contributed by atoms with Crippen LogP contribution >= 0.6 is 11.6 Å². The van der Waals surface area contributed by atoms with E-state index in [4.69, 9.17) is 11.6 Å². The Labute approximate surface area is 118 Å². The molecule has 2 aromatic carbocycles. The van der Waals surface area contributed by atoms with Gasteiger partial charge in [0.15, 0.2) is 17.9 Å². The third-order valence-corrected chi connectivity index (χ3v) is 2.75. The van der Waals surface area contributed by atoms with Crippen molar-refractivity contribution in [2.75, 3.05) is 0 Å². The molecule has 102 valence electrons. The van der Waals surface area contributed by atoms with Crippen molar-refractivity contribution in [3.05, 3.63) is 58.1 Å². The van der Waals surface area contributed by atoms with Crippen molar-refractivity contribution in [3.63, 3.8) is 0 Å². The fourth-order valence-corrected chi connectivity index (χ4v) is 1.81. The third-order valence-electron chi connectivity index (χ3n) is 2.53. The molecule has 0 bridgehead atoms. The van der Waals surface area contributed by atoms with Gasteiger partial charge in [-0.05, 0) is 24.3 Å². The van der Waals surface area contributed by atoms with Crippen molar-refractivity contribution in [1.82, 2.24) is 0 Å². The number of hydrogen-bond acceptors (Lipinski definition) is 3. The predicted octanol–water partition coefficient (Wildman–Crippen LogP) is 3.89. The smallest absolute Gasteiger partial charge is 0.153 e. The number of rotatable bonds is 3. The number of halogens is 3. The Balaban J connectivity index is 2.47. The number of benzene rings is 2. The Bertz CT molecular complexity index is 682. The van der Waals surface area contributed by atoms with Gasteiger partial charge in [0, 0.05) is 16.8 Å². The lowest BCUT2D eigenvalue weighted by Crippen LogP contribution is -1.90. The highest BCUT2D eigenvalue weighted by molar-refractivity contribution is 6.31. The molecule has 6 heteroatoms. The summed E-state index contributed by atoms with van der Waals surface area (Å²) < 4.78 is 26.8. The van der Waals surface area contributed by atoms with E-state index in [2.05, 4.69) is 4.99 Å². The van der Waals surface area contributed by atoms with Gasteiger partial charge in [0.05, 0.1) is 5.56 Å². The molecule has 1 N–H and O–H groups in total. The molecule has 0 spiro atoms. The second-order valence-corrected chi connectivity index (χ2v) is 4.32. The van der Waals surface area contributed by atoms with Crippen LogP contribution in [-0.4, -0.2) is 17.6 Å². The lowest BCUT2D eigenvalue weighted by molar-refractivity contribution is 0.112. The summed E-state index contributed by atoms with van der Waals surface area (Å²) >= 11 is 5.77. The topological polar surface area (TPSA) is 49.7 Å². The maximum Gasteiger partial charge on any atom is 0.153 e. The van der Waals surface area contributed by atoms with Gasteiger partial charge in [-0.25, -0.2) is 13.8 Å². The van der Waals surface area contributed by atoms with Crippen LogP contribution in [-0.2, 0) is 0 Å². The minimum Gasteiger partial charge on any atom is -0.507 e. The van der Waals surface area contributed by atoms with Crippen LogP contribution in [0, 0.1) is 11.6 Å².